The molecule has 1 aromatic rings. The van der Waals surface area contributed by atoms with Crippen LogP contribution in [-0.2, 0) is 6.42 Å². The molecule has 2 rings (SSSR count). The van der Waals surface area contributed by atoms with Crippen LogP contribution in [0, 0.1) is 0 Å². The van der Waals surface area contributed by atoms with E-state index in [1.807, 2.05) is 23.5 Å². The summed E-state index contributed by atoms with van der Waals surface area (Å²) in [5.41, 5.74) is 7.53. The van der Waals surface area contributed by atoms with Crippen molar-refractivity contribution in [2.24, 2.45) is 0 Å². The fourth-order valence-corrected chi connectivity index (χ4v) is 4.65. The van der Waals surface area contributed by atoms with Gasteiger partial charge in [0, 0.05) is 16.3 Å². The first-order valence-corrected chi connectivity index (χ1v) is 7.99. The standard InChI is InChI=1S/C12H19N3S2/c1-4-10-9(13)5-14-12(15-10)11-6-16-7(2)8(3)17-11/h5,7-8,11H,4,6,13H2,1-3H3. The predicted octanol–water partition coefficient (Wildman–Crippen LogP) is 2.92. The zero-order chi connectivity index (χ0) is 12.4. The summed E-state index contributed by atoms with van der Waals surface area (Å²) in [5.74, 6) is 2.05. The molecule has 94 valence electrons. The molecule has 1 saturated heterocycles. The average Bonchev–Trinajstić information content (AvgIpc) is 2.33. The largest absolute Gasteiger partial charge is 0.396 e. The van der Waals surface area contributed by atoms with E-state index in [2.05, 4.69) is 30.7 Å². The van der Waals surface area contributed by atoms with Gasteiger partial charge in [-0.2, -0.15) is 11.8 Å². The van der Waals surface area contributed by atoms with Crippen molar-refractivity contribution < 1.29 is 0 Å². The van der Waals surface area contributed by atoms with Gasteiger partial charge in [0.25, 0.3) is 0 Å². The van der Waals surface area contributed by atoms with Gasteiger partial charge in [0.2, 0.25) is 0 Å². The normalized spacial score (nSPS) is 29.2. The summed E-state index contributed by atoms with van der Waals surface area (Å²) in [6.07, 6.45) is 2.63. The van der Waals surface area contributed by atoms with Crippen LogP contribution < -0.4 is 5.73 Å². The molecule has 3 nitrogen and oxygen atoms in total. The second kappa shape index (κ2) is 5.48. The topological polar surface area (TPSA) is 51.8 Å². The van der Waals surface area contributed by atoms with Gasteiger partial charge in [-0.25, -0.2) is 9.97 Å². The molecule has 1 fully saturated rings. The summed E-state index contributed by atoms with van der Waals surface area (Å²) in [7, 11) is 0. The second-order valence-electron chi connectivity index (χ2n) is 4.35. The molecule has 1 aromatic heterocycles. The summed E-state index contributed by atoms with van der Waals surface area (Å²) < 4.78 is 0. The number of hydrogen-bond donors (Lipinski definition) is 1. The van der Waals surface area contributed by atoms with Gasteiger partial charge in [0.05, 0.1) is 22.8 Å². The summed E-state index contributed by atoms with van der Waals surface area (Å²) in [5, 5.41) is 1.79. The fourth-order valence-electron chi connectivity index (χ4n) is 1.80. The third kappa shape index (κ3) is 2.88. The van der Waals surface area contributed by atoms with Gasteiger partial charge >= 0.3 is 0 Å². The van der Waals surface area contributed by atoms with Crippen LogP contribution in [0.2, 0.25) is 0 Å². The van der Waals surface area contributed by atoms with Gasteiger partial charge in [-0.3, -0.25) is 0 Å². The fraction of sp³-hybridized carbons (Fsp3) is 0.667. The highest BCUT2D eigenvalue weighted by molar-refractivity contribution is 8.07. The van der Waals surface area contributed by atoms with E-state index in [9.17, 15) is 0 Å². The Morgan fingerprint density at radius 2 is 2.18 bits per heavy atom. The van der Waals surface area contributed by atoms with E-state index in [-0.39, 0.29) is 0 Å². The Bertz CT molecular complexity index is 397. The molecule has 2 heterocycles. The highest BCUT2D eigenvalue weighted by Crippen LogP contribution is 2.43. The van der Waals surface area contributed by atoms with Crippen molar-refractivity contribution in [3.05, 3.63) is 17.7 Å². The number of aryl methyl sites for hydroxylation is 1. The summed E-state index contributed by atoms with van der Waals surface area (Å²) in [6.45, 7) is 6.66. The SMILES string of the molecule is CCc1nc(C2CSC(C)C(C)S2)ncc1N. The Morgan fingerprint density at radius 3 is 2.82 bits per heavy atom. The van der Waals surface area contributed by atoms with Crippen LogP contribution in [0.3, 0.4) is 0 Å². The number of hydrogen-bond acceptors (Lipinski definition) is 5. The first kappa shape index (κ1) is 13.0. The number of rotatable bonds is 2. The van der Waals surface area contributed by atoms with Crippen molar-refractivity contribution in [3.63, 3.8) is 0 Å². The number of thioether (sulfide) groups is 2. The van der Waals surface area contributed by atoms with E-state index < -0.39 is 0 Å². The molecular formula is C12H19N3S2. The van der Waals surface area contributed by atoms with Crippen molar-refractivity contribution >= 4 is 29.2 Å². The number of nitrogens with two attached hydrogens (primary N) is 1. The number of aromatic nitrogens is 2. The molecule has 3 atom stereocenters. The van der Waals surface area contributed by atoms with Crippen molar-refractivity contribution in [1.82, 2.24) is 9.97 Å². The monoisotopic (exact) mass is 269 g/mol. The lowest BCUT2D eigenvalue weighted by Gasteiger charge is -2.30. The minimum Gasteiger partial charge on any atom is -0.396 e. The van der Waals surface area contributed by atoms with Crippen LogP contribution in [0.1, 0.15) is 37.5 Å². The Hall–Kier alpha value is -0.420. The minimum atomic E-state index is 0.414. The lowest BCUT2D eigenvalue weighted by Crippen LogP contribution is -2.23. The van der Waals surface area contributed by atoms with Crippen LogP contribution in [0.4, 0.5) is 5.69 Å². The van der Waals surface area contributed by atoms with Gasteiger partial charge < -0.3 is 5.73 Å². The van der Waals surface area contributed by atoms with Crippen LogP contribution in [0.5, 0.6) is 0 Å². The van der Waals surface area contributed by atoms with Crippen molar-refractivity contribution in [2.75, 3.05) is 11.5 Å². The quantitative estimate of drug-likeness (QED) is 0.894. The van der Waals surface area contributed by atoms with Crippen molar-refractivity contribution in [3.8, 4) is 0 Å². The molecule has 0 spiro atoms. The highest BCUT2D eigenvalue weighted by atomic mass is 32.2. The molecule has 3 unspecified atom stereocenters. The first-order valence-electron chi connectivity index (χ1n) is 6.00. The zero-order valence-electron chi connectivity index (χ0n) is 10.5. The molecular weight excluding hydrogens is 250 g/mol. The van der Waals surface area contributed by atoms with Gasteiger partial charge in [0.1, 0.15) is 5.82 Å². The van der Waals surface area contributed by atoms with E-state index >= 15 is 0 Å². The van der Waals surface area contributed by atoms with Gasteiger partial charge in [-0.1, -0.05) is 20.8 Å². The predicted molar refractivity (Wildman–Crippen MR) is 77.5 cm³/mol. The Labute approximate surface area is 111 Å². The number of nitrogen functional groups attached to an aromatic ring is 1. The van der Waals surface area contributed by atoms with Crippen LogP contribution in [0.25, 0.3) is 0 Å². The molecule has 0 aromatic carbocycles. The van der Waals surface area contributed by atoms with Gasteiger partial charge in [0.15, 0.2) is 0 Å². The number of anilines is 1. The van der Waals surface area contributed by atoms with E-state index in [0.717, 1.165) is 28.9 Å². The van der Waals surface area contributed by atoms with E-state index in [1.54, 1.807) is 6.20 Å². The average molecular weight is 269 g/mol. The van der Waals surface area contributed by atoms with Crippen LogP contribution >= 0.6 is 23.5 Å². The smallest absolute Gasteiger partial charge is 0.142 e. The molecule has 17 heavy (non-hydrogen) atoms. The molecule has 0 radical (unpaired) electrons. The van der Waals surface area contributed by atoms with E-state index in [4.69, 9.17) is 5.73 Å². The lowest BCUT2D eigenvalue weighted by atomic mass is 10.3. The lowest BCUT2D eigenvalue weighted by molar-refractivity contribution is 0.843. The third-order valence-electron chi connectivity index (χ3n) is 3.09. The summed E-state index contributed by atoms with van der Waals surface area (Å²) >= 11 is 4.00. The van der Waals surface area contributed by atoms with Crippen LogP contribution in [-0.4, -0.2) is 26.2 Å². The van der Waals surface area contributed by atoms with Gasteiger partial charge in [-0.05, 0) is 6.42 Å². The molecule has 2 N–H and O–H groups in total. The molecule has 0 bridgehead atoms. The van der Waals surface area contributed by atoms with Crippen molar-refractivity contribution in [2.45, 2.75) is 42.9 Å². The summed E-state index contributed by atoms with van der Waals surface area (Å²) in [6, 6.07) is 0. The first-order chi connectivity index (χ1) is 8.11. The maximum absolute atomic E-state index is 5.84. The highest BCUT2D eigenvalue weighted by Gasteiger charge is 2.28. The number of nitrogens with zero attached hydrogens (tertiary/aromatic N) is 2. The molecule has 0 aliphatic carbocycles. The summed E-state index contributed by atoms with van der Waals surface area (Å²) in [4.78, 5) is 9.00. The minimum absolute atomic E-state index is 0.414. The maximum Gasteiger partial charge on any atom is 0.142 e. The Balaban J connectivity index is 2.17. The Morgan fingerprint density at radius 1 is 1.41 bits per heavy atom. The molecule has 5 heteroatoms. The van der Waals surface area contributed by atoms with Crippen LogP contribution in [0.15, 0.2) is 6.20 Å². The maximum atomic E-state index is 5.84. The molecule has 1 aliphatic heterocycles. The van der Waals surface area contributed by atoms with Crippen molar-refractivity contribution in [1.29, 1.82) is 0 Å². The van der Waals surface area contributed by atoms with E-state index in [0.29, 0.717) is 16.2 Å². The third-order valence-corrected chi connectivity index (χ3v) is 6.48. The second-order valence-corrected chi connectivity index (χ2v) is 7.35. The van der Waals surface area contributed by atoms with Gasteiger partial charge in [-0.15, -0.1) is 11.8 Å². The van der Waals surface area contributed by atoms with E-state index in [1.165, 1.54) is 0 Å². The molecule has 1 aliphatic rings. The molecule has 0 saturated carbocycles. The Kier molecular flexibility index (Phi) is 4.20. The molecule has 0 amide bonds. The zero-order valence-corrected chi connectivity index (χ0v) is 12.1.